The van der Waals surface area contributed by atoms with Gasteiger partial charge in [-0.1, -0.05) is 6.42 Å². The highest BCUT2D eigenvalue weighted by molar-refractivity contribution is 7.09. The van der Waals surface area contributed by atoms with Crippen molar-refractivity contribution in [1.29, 1.82) is 0 Å². The van der Waals surface area contributed by atoms with E-state index in [1.807, 2.05) is 0 Å². The van der Waals surface area contributed by atoms with E-state index in [4.69, 9.17) is 0 Å². The topological polar surface area (TPSA) is 24.9 Å². The molecule has 2 saturated carbocycles. The SMILES string of the molecule is Cc1csc(CNC2CC3CCC2C3)n1. The molecule has 0 aromatic carbocycles. The maximum Gasteiger partial charge on any atom is 0.107 e. The zero-order chi connectivity index (χ0) is 10.3. The fourth-order valence-corrected chi connectivity index (χ4v) is 3.92. The lowest BCUT2D eigenvalue weighted by atomic mass is 9.95. The molecular formula is C12H18N2S. The van der Waals surface area contributed by atoms with Crippen LogP contribution in [-0.2, 0) is 6.54 Å². The Morgan fingerprint density at radius 2 is 2.40 bits per heavy atom. The van der Waals surface area contributed by atoms with Crippen molar-refractivity contribution < 1.29 is 0 Å². The Balaban J connectivity index is 1.54. The second-order valence-corrected chi connectivity index (χ2v) is 5.99. The molecule has 0 aliphatic heterocycles. The van der Waals surface area contributed by atoms with Crippen LogP contribution in [0.4, 0.5) is 0 Å². The van der Waals surface area contributed by atoms with Crippen LogP contribution in [0.2, 0.25) is 0 Å². The molecule has 2 fully saturated rings. The van der Waals surface area contributed by atoms with Gasteiger partial charge in [-0.25, -0.2) is 4.98 Å². The van der Waals surface area contributed by atoms with Gasteiger partial charge in [0.25, 0.3) is 0 Å². The highest BCUT2D eigenvalue weighted by Gasteiger charge is 2.38. The summed E-state index contributed by atoms with van der Waals surface area (Å²) in [4.78, 5) is 4.49. The number of hydrogen-bond donors (Lipinski definition) is 1. The van der Waals surface area contributed by atoms with E-state index >= 15 is 0 Å². The van der Waals surface area contributed by atoms with Gasteiger partial charge < -0.3 is 5.32 Å². The third kappa shape index (κ3) is 1.95. The van der Waals surface area contributed by atoms with Gasteiger partial charge in [-0.05, 0) is 38.0 Å². The first-order valence-corrected chi connectivity index (χ1v) is 6.83. The average Bonchev–Trinajstić information content (AvgIpc) is 2.90. The van der Waals surface area contributed by atoms with Crippen LogP contribution in [-0.4, -0.2) is 11.0 Å². The van der Waals surface area contributed by atoms with Crippen molar-refractivity contribution in [3.63, 3.8) is 0 Å². The Morgan fingerprint density at radius 1 is 1.47 bits per heavy atom. The van der Waals surface area contributed by atoms with Crippen molar-refractivity contribution in [2.45, 2.75) is 45.2 Å². The predicted molar refractivity (Wildman–Crippen MR) is 62.9 cm³/mol. The van der Waals surface area contributed by atoms with Crippen LogP contribution in [0.1, 0.15) is 36.4 Å². The van der Waals surface area contributed by atoms with Crippen LogP contribution in [0.3, 0.4) is 0 Å². The summed E-state index contributed by atoms with van der Waals surface area (Å²) in [7, 11) is 0. The maximum absolute atomic E-state index is 4.49. The molecule has 0 amide bonds. The molecule has 3 unspecified atom stereocenters. The molecule has 1 aromatic rings. The number of thiazole rings is 1. The molecule has 2 bridgehead atoms. The summed E-state index contributed by atoms with van der Waals surface area (Å²) in [5.41, 5.74) is 1.16. The number of rotatable bonds is 3. The number of nitrogens with zero attached hydrogens (tertiary/aromatic N) is 1. The first-order valence-electron chi connectivity index (χ1n) is 5.95. The predicted octanol–water partition coefficient (Wildman–Crippen LogP) is 2.73. The lowest BCUT2D eigenvalue weighted by molar-refractivity contribution is 0.350. The van der Waals surface area contributed by atoms with Gasteiger partial charge in [0.2, 0.25) is 0 Å². The zero-order valence-electron chi connectivity index (χ0n) is 9.20. The summed E-state index contributed by atoms with van der Waals surface area (Å²) in [6.07, 6.45) is 5.84. The van der Waals surface area contributed by atoms with Crippen LogP contribution in [0.5, 0.6) is 0 Å². The summed E-state index contributed by atoms with van der Waals surface area (Å²) in [5.74, 6) is 2.00. The molecule has 0 spiro atoms. The van der Waals surface area contributed by atoms with Crippen molar-refractivity contribution in [3.8, 4) is 0 Å². The van der Waals surface area contributed by atoms with Gasteiger partial charge in [-0.15, -0.1) is 11.3 Å². The summed E-state index contributed by atoms with van der Waals surface area (Å²) >= 11 is 1.78. The molecule has 3 rings (SSSR count). The van der Waals surface area contributed by atoms with Gasteiger partial charge in [0.05, 0.1) is 0 Å². The van der Waals surface area contributed by atoms with Gasteiger partial charge in [0, 0.05) is 23.7 Å². The van der Waals surface area contributed by atoms with Crippen molar-refractivity contribution in [2.75, 3.05) is 0 Å². The van der Waals surface area contributed by atoms with E-state index < -0.39 is 0 Å². The molecule has 0 saturated heterocycles. The molecule has 2 aliphatic carbocycles. The van der Waals surface area contributed by atoms with E-state index in [2.05, 4.69) is 22.6 Å². The van der Waals surface area contributed by atoms with Crippen molar-refractivity contribution in [2.24, 2.45) is 11.8 Å². The molecule has 1 heterocycles. The molecule has 1 N–H and O–H groups in total. The molecule has 2 nitrogen and oxygen atoms in total. The third-order valence-electron chi connectivity index (χ3n) is 3.92. The van der Waals surface area contributed by atoms with E-state index in [9.17, 15) is 0 Å². The fourth-order valence-electron chi connectivity index (χ4n) is 3.20. The van der Waals surface area contributed by atoms with Crippen LogP contribution < -0.4 is 5.32 Å². The van der Waals surface area contributed by atoms with Crippen molar-refractivity contribution in [1.82, 2.24) is 10.3 Å². The summed E-state index contributed by atoms with van der Waals surface area (Å²) in [6, 6.07) is 0.785. The number of aryl methyl sites for hydroxylation is 1. The van der Waals surface area contributed by atoms with Gasteiger partial charge in [0.15, 0.2) is 0 Å². The van der Waals surface area contributed by atoms with E-state index in [1.165, 1.54) is 30.7 Å². The van der Waals surface area contributed by atoms with Crippen LogP contribution in [0.15, 0.2) is 5.38 Å². The molecule has 3 atom stereocenters. The quantitative estimate of drug-likeness (QED) is 0.850. The Morgan fingerprint density at radius 3 is 3.00 bits per heavy atom. The molecule has 2 aliphatic rings. The number of nitrogens with one attached hydrogen (secondary N) is 1. The highest BCUT2D eigenvalue weighted by Crippen LogP contribution is 2.44. The lowest BCUT2D eigenvalue weighted by Gasteiger charge is -2.22. The molecule has 82 valence electrons. The van der Waals surface area contributed by atoms with E-state index in [0.717, 1.165) is 30.1 Å². The van der Waals surface area contributed by atoms with Gasteiger partial charge in [-0.2, -0.15) is 0 Å². The van der Waals surface area contributed by atoms with Crippen LogP contribution in [0.25, 0.3) is 0 Å². The van der Waals surface area contributed by atoms with Gasteiger partial charge >= 0.3 is 0 Å². The van der Waals surface area contributed by atoms with Crippen LogP contribution >= 0.6 is 11.3 Å². The maximum atomic E-state index is 4.49. The normalized spacial score (nSPS) is 33.8. The molecule has 3 heteroatoms. The largest absolute Gasteiger partial charge is 0.307 e. The second-order valence-electron chi connectivity index (χ2n) is 5.04. The smallest absolute Gasteiger partial charge is 0.107 e. The monoisotopic (exact) mass is 222 g/mol. The Kier molecular flexibility index (Phi) is 2.53. The molecule has 1 aromatic heterocycles. The molecule has 15 heavy (non-hydrogen) atoms. The second kappa shape index (κ2) is 3.87. The summed E-state index contributed by atoms with van der Waals surface area (Å²) < 4.78 is 0. The Bertz CT molecular complexity index is 347. The van der Waals surface area contributed by atoms with Crippen LogP contribution in [0, 0.1) is 18.8 Å². The standard InChI is InChI=1S/C12H18N2S/c1-8-7-15-12(14-8)6-13-11-5-9-2-3-10(11)4-9/h7,9-11,13H,2-6H2,1H3. The van der Waals surface area contributed by atoms with Crippen molar-refractivity contribution in [3.05, 3.63) is 16.1 Å². The van der Waals surface area contributed by atoms with E-state index in [-0.39, 0.29) is 0 Å². The number of fused-ring (bicyclic) bond motifs is 2. The zero-order valence-corrected chi connectivity index (χ0v) is 10.0. The molecular weight excluding hydrogens is 204 g/mol. The first-order chi connectivity index (χ1) is 7.31. The third-order valence-corrected chi connectivity index (χ3v) is 4.89. The summed E-state index contributed by atoms with van der Waals surface area (Å²) in [5, 5.41) is 7.07. The fraction of sp³-hybridized carbons (Fsp3) is 0.750. The van der Waals surface area contributed by atoms with Gasteiger partial charge in [0.1, 0.15) is 5.01 Å². The van der Waals surface area contributed by atoms with Gasteiger partial charge in [-0.3, -0.25) is 0 Å². The number of aromatic nitrogens is 1. The molecule has 0 radical (unpaired) electrons. The minimum absolute atomic E-state index is 0.785. The Labute approximate surface area is 95.1 Å². The average molecular weight is 222 g/mol. The minimum atomic E-state index is 0.785. The van der Waals surface area contributed by atoms with E-state index in [0.29, 0.717) is 0 Å². The Hall–Kier alpha value is -0.410. The lowest BCUT2D eigenvalue weighted by Crippen LogP contribution is -2.33. The van der Waals surface area contributed by atoms with Crippen molar-refractivity contribution >= 4 is 11.3 Å². The van der Waals surface area contributed by atoms with E-state index in [1.54, 1.807) is 11.3 Å². The first kappa shape index (κ1) is 9.79. The minimum Gasteiger partial charge on any atom is -0.307 e. The highest BCUT2D eigenvalue weighted by atomic mass is 32.1. The number of hydrogen-bond acceptors (Lipinski definition) is 3. The summed E-state index contributed by atoms with van der Waals surface area (Å²) in [6.45, 7) is 3.05.